The molecule has 1 saturated heterocycles. The lowest BCUT2D eigenvalue weighted by atomic mass is 10.1. The molecule has 0 spiro atoms. The molecule has 4 rings (SSSR count). The molecule has 0 bridgehead atoms. The van der Waals surface area contributed by atoms with Crippen molar-refractivity contribution in [1.82, 2.24) is 20.0 Å². The summed E-state index contributed by atoms with van der Waals surface area (Å²) in [5.74, 6) is 0.620. The molecule has 1 aliphatic carbocycles. The number of amides is 1. The van der Waals surface area contributed by atoms with Gasteiger partial charge in [0.25, 0.3) is 11.5 Å². The fourth-order valence-corrected chi connectivity index (χ4v) is 3.80. The summed E-state index contributed by atoms with van der Waals surface area (Å²) in [4.78, 5) is 29.2. The van der Waals surface area contributed by atoms with E-state index < -0.39 is 0 Å². The molecule has 138 valence electrons. The normalized spacial score (nSPS) is 21.3. The number of rotatable bonds is 5. The molecule has 7 heteroatoms. The number of nitrogens with one attached hydrogen (secondary N) is 1. The lowest BCUT2D eigenvalue weighted by Gasteiger charge is -2.41. The van der Waals surface area contributed by atoms with Crippen LogP contribution in [0, 0.1) is 5.92 Å². The van der Waals surface area contributed by atoms with Crippen LogP contribution in [0.1, 0.15) is 29.8 Å². The maximum absolute atomic E-state index is 13.1. The molecule has 2 aliphatic rings. The summed E-state index contributed by atoms with van der Waals surface area (Å²) < 4.78 is 0. The highest BCUT2D eigenvalue weighted by Gasteiger charge is 2.34. The number of aromatic amines is 1. The average Bonchev–Trinajstić information content (AvgIpc) is 3.47. The summed E-state index contributed by atoms with van der Waals surface area (Å²) in [6.45, 7) is 3.22. The Balaban J connectivity index is 1.57. The number of aliphatic hydroxyl groups is 1. The van der Waals surface area contributed by atoms with Gasteiger partial charge in [-0.15, -0.1) is 0 Å². The number of nitrogens with zero attached hydrogens (tertiary/aromatic N) is 3. The lowest BCUT2D eigenvalue weighted by molar-refractivity contribution is 0.0403. The highest BCUT2D eigenvalue weighted by atomic mass is 16.3. The van der Waals surface area contributed by atoms with E-state index in [-0.39, 0.29) is 24.1 Å². The molecule has 1 atom stereocenters. The SMILES string of the molecule is O=C(c1n[nH]c(=O)c2ccccc12)N1CCN(CC2CC2)C(CCO)C1. The van der Waals surface area contributed by atoms with Gasteiger partial charge >= 0.3 is 0 Å². The number of hydrogen-bond acceptors (Lipinski definition) is 5. The largest absolute Gasteiger partial charge is 0.396 e. The van der Waals surface area contributed by atoms with Crippen LogP contribution in [0.2, 0.25) is 0 Å². The van der Waals surface area contributed by atoms with Crippen LogP contribution in [0.4, 0.5) is 0 Å². The first kappa shape index (κ1) is 17.2. The molecule has 1 aromatic carbocycles. The smallest absolute Gasteiger partial charge is 0.275 e. The number of hydrogen-bond donors (Lipinski definition) is 2. The fraction of sp³-hybridized carbons (Fsp3) is 0.526. The Hall–Kier alpha value is -2.25. The van der Waals surface area contributed by atoms with Crippen LogP contribution in [-0.4, -0.2) is 69.8 Å². The Morgan fingerprint density at radius 3 is 2.73 bits per heavy atom. The minimum atomic E-state index is -0.287. The minimum Gasteiger partial charge on any atom is -0.396 e. The van der Waals surface area contributed by atoms with Crippen molar-refractivity contribution >= 4 is 16.7 Å². The number of carbonyl (C=O) groups is 1. The number of fused-ring (bicyclic) bond motifs is 1. The van der Waals surface area contributed by atoms with Crippen LogP contribution in [-0.2, 0) is 0 Å². The van der Waals surface area contributed by atoms with Crippen LogP contribution in [0.3, 0.4) is 0 Å². The zero-order chi connectivity index (χ0) is 18.1. The van der Waals surface area contributed by atoms with Gasteiger partial charge in [-0.1, -0.05) is 18.2 Å². The third-order valence-electron chi connectivity index (χ3n) is 5.44. The molecule has 1 aromatic heterocycles. The van der Waals surface area contributed by atoms with Gasteiger partial charge in [-0.25, -0.2) is 5.10 Å². The predicted molar refractivity (Wildman–Crippen MR) is 98.1 cm³/mol. The zero-order valence-corrected chi connectivity index (χ0v) is 14.7. The van der Waals surface area contributed by atoms with Gasteiger partial charge in [-0.05, 0) is 31.2 Å². The van der Waals surface area contributed by atoms with Gasteiger partial charge in [-0.2, -0.15) is 5.10 Å². The van der Waals surface area contributed by atoms with Gasteiger partial charge in [0, 0.05) is 44.2 Å². The third-order valence-corrected chi connectivity index (χ3v) is 5.44. The maximum atomic E-state index is 13.1. The average molecular weight is 356 g/mol. The van der Waals surface area contributed by atoms with Crippen molar-refractivity contribution in [3.63, 3.8) is 0 Å². The zero-order valence-electron chi connectivity index (χ0n) is 14.7. The van der Waals surface area contributed by atoms with Gasteiger partial charge in [0.2, 0.25) is 0 Å². The second kappa shape index (κ2) is 7.17. The number of H-pyrrole nitrogens is 1. The fourth-order valence-electron chi connectivity index (χ4n) is 3.80. The van der Waals surface area contributed by atoms with Gasteiger partial charge in [0.15, 0.2) is 5.69 Å². The van der Waals surface area contributed by atoms with Crippen molar-refractivity contribution in [3.8, 4) is 0 Å². The van der Waals surface area contributed by atoms with Crippen molar-refractivity contribution in [2.24, 2.45) is 5.92 Å². The van der Waals surface area contributed by atoms with E-state index in [0.29, 0.717) is 36.0 Å². The standard InChI is InChI=1S/C19H24N4O3/c24-10-7-14-12-23(9-8-22(14)11-13-5-6-13)19(26)17-15-3-1-2-4-16(15)18(25)21-20-17/h1-4,13-14,24H,5-12H2,(H,21,25). The molecule has 1 saturated carbocycles. The van der Waals surface area contributed by atoms with Crippen molar-refractivity contribution in [2.75, 3.05) is 32.8 Å². The summed E-state index contributed by atoms with van der Waals surface area (Å²) in [5, 5.41) is 17.0. The van der Waals surface area contributed by atoms with Crippen molar-refractivity contribution in [2.45, 2.75) is 25.3 Å². The van der Waals surface area contributed by atoms with E-state index in [2.05, 4.69) is 15.1 Å². The summed E-state index contributed by atoms with van der Waals surface area (Å²) in [5.41, 5.74) is 0.00292. The van der Waals surface area contributed by atoms with Crippen LogP contribution in [0.25, 0.3) is 10.8 Å². The number of piperazine rings is 1. The van der Waals surface area contributed by atoms with Crippen molar-refractivity contribution in [3.05, 3.63) is 40.3 Å². The van der Waals surface area contributed by atoms with E-state index in [9.17, 15) is 14.7 Å². The van der Waals surface area contributed by atoms with Gasteiger partial charge in [0.1, 0.15) is 0 Å². The summed E-state index contributed by atoms with van der Waals surface area (Å²) >= 11 is 0. The second-order valence-electron chi connectivity index (χ2n) is 7.30. The number of aromatic nitrogens is 2. The number of aliphatic hydroxyl groups excluding tert-OH is 1. The molecule has 0 radical (unpaired) electrons. The van der Waals surface area contributed by atoms with E-state index in [0.717, 1.165) is 19.0 Å². The van der Waals surface area contributed by atoms with Gasteiger partial charge in [0.05, 0.1) is 5.39 Å². The van der Waals surface area contributed by atoms with Crippen molar-refractivity contribution < 1.29 is 9.90 Å². The van der Waals surface area contributed by atoms with E-state index in [4.69, 9.17) is 0 Å². The maximum Gasteiger partial charge on any atom is 0.275 e. The molecule has 1 amide bonds. The van der Waals surface area contributed by atoms with E-state index in [1.54, 1.807) is 23.1 Å². The van der Waals surface area contributed by atoms with Crippen LogP contribution in [0.15, 0.2) is 29.1 Å². The molecular formula is C19H24N4O3. The van der Waals surface area contributed by atoms with Crippen molar-refractivity contribution in [1.29, 1.82) is 0 Å². The molecular weight excluding hydrogens is 332 g/mol. The lowest BCUT2D eigenvalue weighted by Crippen LogP contribution is -2.55. The predicted octanol–water partition coefficient (Wildman–Crippen LogP) is 0.842. The Labute approximate surface area is 151 Å². The minimum absolute atomic E-state index is 0.119. The Morgan fingerprint density at radius 1 is 1.23 bits per heavy atom. The molecule has 2 fully saturated rings. The first-order chi connectivity index (χ1) is 12.7. The molecule has 2 N–H and O–H groups in total. The van der Waals surface area contributed by atoms with E-state index >= 15 is 0 Å². The molecule has 2 aromatic rings. The Morgan fingerprint density at radius 2 is 2.00 bits per heavy atom. The van der Waals surface area contributed by atoms with E-state index in [1.807, 2.05) is 6.07 Å². The Kier molecular flexibility index (Phi) is 4.74. The monoisotopic (exact) mass is 356 g/mol. The quantitative estimate of drug-likeness (QED) is 0.829. The molecule has 1 unspecified atom stereocenters. The molecule has 7 nitrogen and oxygen atoms in total. The molecule has 2 heterocycles. The van der Waals surface area contributed by atoms with Crippen LogP contribution < -0.4 is 5.56 Å². The highest BCUT2D eigenvalue weighted by molar-refractivity contribution is 6.04. The highest BCUT2D eigenvalue weighted by Crippen LogP contribution is 2.31. The molecule has 26 heavy (non-hydrogen) atoms. The number of carbonyl (C=O) groups excluding carboxylic acids is 1. The second-order valence-corrected chi connectivity index (χ2v) is 7.30. The van der Waals surface area contributed by atoms with Crippen LogP contribution >= 0.6 is 0 Å². The first-order valence-electron chi connectivity index (χ1n) is 9.29. The number of benzene rings is 1. The third kappa shape index (κ3) is 3.37. The summed E-state index contributed by atoms with van der Waals surface area (Å²) in [6.07, 6.45) is 3.24. The topological polar surface area (TPSA) is 89.5 Å². The first-order valence-corrected chi connectivity index (χ1v) is 9.29. The van der Waals surface area contributed by atoms with E-state index in [1.165, 1.54) is 12.8 Å². The Bertz CT molecular complexity index is 861. The van der Waals surface area contributed by atoms with Crippen LogP contribution in [0.5, 0.6) is 0 Å². The summed E-state index contributed by atoms with van der Waals surface area (Å²) in [6, 6.07) is 7.23. The molecule has 1 aliphatic heterocycles. The van der Waals surface area contributed by atoms with Gasteiger partial charge in [-0.3, -0.25) is 14.5 Å². The summed E-state index contributed by atoms with van der Waals surface area (Å²) in [7, 11) is 0. The van der Waals surface area contributed by atoms with Gasteiger partial charge < -0.3 is 10.0 Å².